The molecular formula is C13H18N2O2. The zero-order chi connectivity index (χ0) is 12.3. The monoisotopic (exact) mass is 234 g/mol. The minimum atomic E-state index is -0.0714. The number of carbonyl (C=O) groups is 1. The zero-order valence-electron chi connectivity index (χ0n) is 10.2. The summed E-state index contributed by atoms with van der Waals surface area (Å²) >= 11 is 0. The van der Waals surface area contributed by atoms with Crippen LogP contribution in [0.1, 0.15) is 24.8 Å². The first-order chi connectivity index (χ1) is 8.18. The highest BCUT2D eigenvalue weighted by Gasteiger charge is 2.16. The lowest BCUT2D eigenvalue weighted by Crippen LogP contribution is -2.39. The lowest BCUT2D eigenvalue weighted by Gasteiger charge is -2.26. The molecule has 1 aromatic heterocycles. The maximum atomic E-state index is 12.0. The number of hydrogen-bond acceptors (Lipinski definition) is 2. The molecule has 2 heterocycles. The molecule has 0 radical (unpaired) electrons. The molecule has 0 unspecified atom stereocenters. The van der Waals surface area contributed by atoms with E-state index in [-0.39, 0.29) is 18.0 Å². The molecule has 1 aliphatic heterocycles. The van der Waals surface area contributed by atoms with Crippen molar-refractivity contribution in [1.29, 1.82) is 0 Å². The van der Waals surface area contributed by atoms with E-state index in [1.807, 2.05) is 4.90 Å². The second-order valence-electron chi connectivity index (χ2n) is 4.57. The Hall–Kier alpha value is -1.58. The number of nitrogens with zero attached hydrogens (tertiary/aromatic N) is 2. The van der Waals surface area contributed by atoms with Crippen molar-refractivity contribution in [3.05, 3.63) is 34.2 Å². The third-order valence-corrected chi connectivity index (χ3v) is 3.22. The molecule has 4 heteroatoms. The first-order valence-electron chi connectivity index (χ1n) is 6.12. The van der Waals surface area contributed by atoms with E-state index >= 15 is 0 Å². The second-order valence-corrected chi connectivity index (χ2v) is 4.57. The molecule has 0 saturated carbocycles. The van der Waals surface area contributed by atoms with Gasteiger partial charge in [0.15, 0.2) is 0 Å². The Labute approximate surface area is 101 Å². The number of piperidine rings is 1. The average molecular weight is 234 g/mol. The van der Waals surface area contributed by atoms with Gasteiger partial charge in [-0.05, 0) is 32.3 Å². The lowest BCUT2D eigenvalue weighted by atomic mass is 10.1. The van der Waals surface area contributed by atoms with Gasteiger partial charge in [0.25, 0.3) is 5.56 Å². The van der Waals surface area contributed by atoms with E-state index in [4.69, 9.17) is 0 Å². The molecule has 1 amide bonds. The smallest absolute Gasteiger partial charge is 0.253 e. The highest BCUT2D eigenvalue weighted by Crippen LogP contribution is 2.09. The Morgan fingerprint density at radius 1 is 1.29 bits per heavy atom. The number of likely N-dealkylation sites (tertiary alicyclic amines) is 1. The summed E-state index contributed by atoms with van der Waals surface area (Å²) in [5.74, 6) is 0.0531. The molecule has 1 aliphatic rings. The molecular weight excluding hydrogens is 216 g/mol. The number of amides is 1. The van der Waals surface area contributed by atoms with Gasteiger partial charge in [-0.1, -0.05) is 6.07 Å². The first-order valence-corrected chi connectivity index (χ1v) is 6.12. The Balaban J connectivity index is 2.07. The SMILES string of the molecule is Cc1cccn(CC(=O)N2CCCCC2)c1=O. The number of aryl methyl sites for hydroxylation is 1. The van der Waals surface area contributed by atoms with Crippen molar-refractivity contribution in [3.8, 4) is 0 Å². The molecule has 0 spiro atoms. The van der Waals surface area contributed by atoms with Crippen LogP contribution in [0, 0.1) is 6.92 Å². The molecule has 1 saturated heterocycles. The molecule has 17 heavy (non-hydrogen) atoms. The maximum absolute atomic E-state index is 12.0. The predicted molar refractivity (Wildman–Crippen MR) is 65.9 cm³/mol. The van der Waals surface area contributed by atoms with E-state index in [0.717, 1.165) is 25.9 Å². The van der Waals surface area contributed by atoms with Crippen LogP contribution in [0.25, 0.3) is 0 Å². The van der Waals surface area contributed by atoms with Crippen LogP contribution in [-0.4, -0.2) is 28.5 Å². The van der Waals surface area contributed by atoms with Crippen molar-refractivity contribution in [2.24, 2.45) is 0 Å². The van der Waals surface area contributed by atoms with Gasteiger partial charge in [0.05, 0.1) is 0 Å². The third-order valence-electron chi connectivity index (χ3n) is 3.22. The van der Waals surface area contributed by atoms with E-state index in [1.54, 1.807) is 25.3 Å². The maximum Gasteiger partial charge on any atom is 0.253 e. The number of hydrogen-bond donors (Lipinski definition) is 0. The predicted octanol–water partition coefficient (Wildman–Crippen LogP) is 1.17. The molecule has 0 N–H and O–H groups in total. The Kier molecular flexibility index (Phi) is 3.61. The van der Waals surface area contributed by atoms with Crippen LogP contribution in [0.2, 0.25) is 0 Å². The fraction of sp³-hybridized carbons (Fsp3) is 0.538. The molecule has 0 atom stereocenters. The van der Waals surface area contributed by atoms with Crippen LogP contribution in [0.3, 0.4) is 0 Å². The summed E-state index contributed by atoms with van der Waals surface area (Å²) < 4.78 is 1.49. The van der Waals surface area contributed by atoms with E-state index in [0.29, 0.717) is 5.56 Å². The largest absolute Gasteiger partial charge is 0.341 e. The standard InChI is InChI=1S/C13H18N2O2/c1-11-6-5-9-15(13(11)17)10-12(16)14-7-3-2-4-8-14/h5-6,9H,2-4,7-8,10H2,1H3. The van der Waals surface area contributed by atoms with E-state index in [1.165, 1.54) is 11.0 Å². The van der Waals surface area contributed by atoms with Gasteiger partial charge in [-0.2, -0.15) is 0 Å². The Morgan fingerprint density at radius 3 is 2.71 bits per heavy atom. The van der Waals surface area contributed by atoms with Gasteiger partial charge in [0, 0.05) is 24.8 Å². The van der Waals surface area contributed by atoms with Crippen LogP contribution in [0.15, 0.2) is 23.1 Å². The molecule has 0 bridgehead atoms. The molecule has 92 valence electrons. The third kappa shape index (κ3) is 2.75. The fourth-order valence-corrected chi connectivity index (χ4v) is 2.17. The first kappa shape index (κ1) is 11.9. The second kappa shape index (κ2) is 5.17. The Bertz CT molecular complexity index is 459. The zero-order valence-corrected chi connectivity index (χ0v) is 10.2. The van der Waals surface area contributed by atoms with Crippen molar-refractivity contribution in [2.75, 3.05) is 13.1 Å². The lowest BCUT2D eigenvalue weighted by molar-refractivity contribution is -0.132. The van der Waals surface area contributed by atoms with Gasteiger partial charge in [-0.3, -0.25) is 9.59 Å². The van der Waals surface area contributed by atoms with Gasteiger partial charge < -0.3 is 9.47 Å². The van der Waals surface area contributed by atoms with E-state index in [9.17, 15) is 9.59 Å². The van der Waals surface area contributed by atoms with Crippen molar-refractivity contribution < 1.29 is 4.79 Å². The molecule has 1 fully saturated rings. The summed E-state index contributed by atoms with van der Waals surface area (Å²) in [5.41, 5.74) is 0.608. The average Bonchev–Trinajstić information content (AvgIpc) is 2.36. The minimum absolute atomic E-state index is 0.0531. The molecule has 1 aromatic rings. The van der Waals surface area contributed by atoms with E-state index in [2.05, 4.69) is 0 Å². The summed E-state index contributed by atoms with van der Waals surface area (Å²) in [6, 6.07) is 3.57. The highest BCUT2D eigenvalue weighted by molar-refractivity contribution is 5.76. The number of aromatic nitrogens is 1. The van der Waals surface area contributed by atoms with Crippen molar-refractivity contribution in [3.63, 3.8) is 0 Å². The minimum Gasteiger partial charge on any atom is -0.341 e. The number of rotatable bonds is 2. The number of pyridine rings is 1. The van der Waals surface area contributed by atoms with Crippen LogP contribution in [0.4, 0.5) is 0 Å². The molecule has 2 rings (SSSR count). The normalized spacial score (nSPS) is 15.9. The number of carbonyl (C=O) groups excluding carboxylic acids is 1. The summed E-state index contributed by atoms with van der Waals surface area (Å²) in [6.07, 6.45) is 5.04. The summed E-state index contributed by atoms with van der Waals surface area (Å²) in [4.78, 5) is 25.6. The highest BCUT2D eigenvalue weighted by atomic mass is 16.2. The van der Waals surface area contributed by atoms with Gasteiger partial charge in [-0.25, -0.2) is 0 Å². The van der Waals surface area contributed by atoms with Crippen molar-refractivity contribution in [2.45, 2.75) is 32.7 Å². The van der Waals surface area contributed by atoms with Gasteiger partial charge >= 0.3 is 0 Å². The van der Waals surface area contributed by atoms with Gasteiger partial charge in [0.1, 0.15) is 6.54 Å². The quantitative estimate of drug-likeness (QED) is 0.771. The Morgan fingerprint density at radius 2 is 2.00 bits per heavy atom. The molecule has 0 aromatic carbocycles. The van der Waals surface area contributed by atoms with Crippen molar-refractivity contribution in [1.82, 2.24) is 9.47 Å². The van der Waals surface area contributed by atoms with Gasteiger partial charge in [-0.15, -0.1) is 0 Å². The van der Waals surface area contributed by atoms with Crippen LogP contribution in [0.5, 0.6) is 0 Å². The van der Waals surface area contributed by atoms with E-state index < -0.39 is 0 Å². The topological polar surface area (TPSA) is 42.3 Å². The van der Waals surface area contributed by atoms with Crippen LogP contribution >= 0.6 is 0 Å². The fourth-order valence-electron chi connectivity index (χ4n) is 2.17. The summed E-state index contributed by atoms with van der Waals surface area (Å²) in [5, 5.41) is 0. The van der Waals surface area contributed by atoms with Crippen molar-refractivity contribution >= 4 is 5.91 Å². The van der Waals surface area contributed by atoms with Crippen LogP contribution in [-0.2, 0) is 11.3 Å². The molecule has 0 aliphatic carbocycles. The molecule has 4 nitrogen and oxygen atoms in total. The summed E-state index contributed by atoms with van der Waals surface area (Å²) in [6.45, 7) is 3.60. The van der Waals surface area contributed by atoms with Gasteiger partial charge in [0.2, 0.25) is 5.91 Å². The summed E-state index contributed by atoms with van der Waals surface area (Å²) in [7, 11) is 0. The van der Waals surface area contributed by atoms with Crippen LogP contribution < -0.4 is 5.56 Å².